The number of carbonyl (C=O) groups excluding carboxylic acids is 2. The third-order valence-electron chi connectivity index (χ3n) is 6.47. The first-order chi connectivity index (χ1) is 15.7. The molecule has 2 aromatic carbocycles. The third-order valence-corrected chi connectivity index (χ3v) is 7.76. The maximum atomic E-state index is 13.5. The summed E-state index contributed by atoms with van der Waals surface area (Å²) in [6.07, 6.45) is 1.66. The molecular formula is C24H25Cl4N3O2. The van der Waals surface area contributed by atoms with Crippen LogP contribution in [0.25, 0.3) is 0 Å². The second kappa shape index (κ2) is 10.0. The number of rotatable bonds is 6. The minimum absolute atomic E-state index is 0.0967. The second-order valence-electron chi connectivity index (χ2n) is 8.81. The summed E-state index contributed by atoms with van der Waals surface area (Å²) in [6, 6.07) is 9.73. The van der Waals surface area contributed by atoms with Crippen LogP contribution >= 0.6 is 46.4 Å². The van der Waals surface area contributed by atoms with Crippen LogP contribution in [0.3, 0.4) is 0 Å². The van der Waals surface area contributed by atoms with E-state index in [1.54, 1.807) is 30.3 Å². The van der Waals surface area contributed by atoms with E-state index in [1.165, 1.54) is 0 Å². The van der Waals surface area contributed by atoms with Gasteiger partial charge >= 0.3 is 0 Å². The fourth-order valence-corrected chi connectivity index (χ4v) is 5.18. The number of hydrogen-bond acceptors (Lipinski definition) is 3. The molecule has 2 aliphatic rings. The lowest BCUT2D eigenvalue weighted by Crippen LogP contribution is -2.56. The second-order valence-corrected chi connectivity index (χ2v) is 10.5. The summed E-state index contributed by atoms with van der Waals surface area (Å²) in [7, 11) is 2.03. The summed E-state index contributed by atoms with van der Waals surface area (Å²) in [5, 5.41) is 4.88. The Labute approximate surface area is 213 Å². The van der Waals surface area contributed by atoms with E-state index in [4.69, 9.17) is 46.4 Å². The van der Waals surface area contributed by atoms with Gasteiger partial charge in [-0.2, -0.15) is 0 Å². The smallest absolute Gasteiger partial charge is 0.245 e. The molecule has 9 heteroatoms. The van der Waals surface area contributed by atoms with Gasteiger partial charge in [-0.15, -0.1) is 0 Å². The average molecular weight is 529 g/mol. The molecule has 1 N–H and O–H groups in total. The summed E-state index contributed by atoms with van der Waals surface area (Å²) in [5.41, 5.74) is 0.831. The molecule has 2 fully saturated rings. The van der Waals surface area contributed by atoms with Crippen molar-refractivity contribution in [1.29, 1.82) is 0 Å². The van der Waals surface area contributed by atoms with Crippen LogP contribution in [0.1, 0.15) is 24.0 Å². The fraction of sp³-hybridized carbons (Fsp3) is 0.417. The van der Waals surface area contributed by atoms with Crippen molar-refractivity contribution >= 4 is 58.2 Å². The molecule has 0 bridgehead atoms. The van der Waals surface area contributed by atoms with Crippen LogP contribution in [-0.4, -0.2) is 60.9 Å². The van der Waals surface area contributed by atoms with E-state index in [2.05, 4.69) is 10.2 Å². The van der Waals surface area contributed by atoms with E-state index >= 15 is 0 Å². The molecule has 1 aliphatic heterocycles. The Kier molecular flexibility index (Phi) is 7.47. The van der Waals surface area contributed by atoms with E-state index < -0.39 is 11.5 Å². The van der Waals surface area contributed by atoms with Crippen molar-refractivity contribution in [2.45, 2.75) is 30.7 Å². The highest BCUT2D eigenvalue weighted by Gasteiger charge is 2.53. The molecule has 4 rings (SSSR count). The van der Waals surface area contributed by atoms with E-state index in [0.29, 0.717) is 52.4 Å². The zero-order chi connectivity index (χ0) is 23.8. The molecule has 1 aliphatic carbocycles. The molecule has 2 amide bonds. The number of halogens is 4. The first-order valence-corrected chi connectivity index (χ1v) is 12.4. The summed E-state index contributed by atoms with van der Waals surface area (Å²) >= 11 is 24.7. The van der Waals surface area contributed by atoms with Gasteiger partial charge < -0.3 is 15.1 Å². The Morgan fingerprint density at radius 1 is 0.939 bits per heavy atom. The van der Waals surface area contributed by atoms with Crippen molar-refractivity contribution in [3.05, 3.63) is 67.6 Å². The van der Waals surface area contributed by atoms with E-state index in [9.17, 15) is 9.59 Å². The van der Waals surface area contributed by atoms with Crippen LogP contribution in [-0.2, 0) is 21.4 Å². The minimum Gasteiger partial charge on any atom is -0.343 e. The van der Waals surface area contributed by atoms with Crippen molar-refractivity contribution < 1.29 is 9.59 Å². The van der Waals surface area contributed by atoms with Crippen molar-refractivity contribution in [1.82, 2.24) is 15.1 Å². The molecule has 33 heavy (non-hydrogen) atoms. The van der Waals surface area contributed by atoms with E-state index in [-0.39, 0.29) is 11.8 Å². The largest absolute Gasteiger partial charge is 0.343 e. The molecule has 176 valence electrons. The van der Waals surface area contributed by atoms with Gasteiger partial charge in [0, 0.05) is 42.6 Å². The molecule has 0 unspecified atom stereocenters. The quantitative estimate of drug-likeness (QED) is 0.584. The van der Waals surface area contributed by atoms with Gasteiger partial charge in [-0.1, -0.05) is 58.5 Å². The number of nitrogens with one attached hydrogen (secondary N) is 1. The number of amides is 2. The number of hydrogen-bond donors (Lipinski definition) is 1. The topological polar surface area (TPSA) is 52.6 Å². The molecule has 2 aromatic rings. The molecule has 5 nitrogen and oxygen atoms in total. The van der Waals surface area contributed by atoms with Gasteiger partial charge in [-0.3, -0.25) is 9.59 Å². The predicted molar refractivity (Wildman–Crippen MR) is 134 cm³/mol. The summed E-state index contributed by atoms with van der Waals surface area (Å²) in [5.74, 6) is -0.292. The van der Waals surface area contributed by atoms with Gasteiger partial charge in [0.1, 0.15) is 6.04 Å². The SMILES string of the molecule is CN1CCN(C(=O)[C@H](Cc2ccc(Cl)c(Cl)c2)NC(=O)C2(c3ccc(Cl)cc3Cl)CC2)CC1. The fourth-order valence-electron chi connectivity index (χ4n) is 4.27. The van der Waals surface area contributed by atoms with Gasteiger partial charge in [-0.25, -0.2) is 0 Å². The lowest BCUT2D eigenvalue weighted by Gasteiger charge is -2.35. The lowest BCUT2D eigenvalue weighted by atomic mass is 9.93. The molecule has 0 aromatic heterocycles. The monoisotopic (exact) mass is 527 g/mol. The third kappa shape index (κ3) is 5.44. The van der Waals surface area contributed by atoms with Gasteiger partial charge in [0.25, 0.3) is 0 Å². The zero-order valence-electron chi connectivity index (χ0n) is 18.2. The Balaban J connectivity index is 1.57. The van der Waals surface area contributed by atoms with Crippen LogP contribution in [0, 0.1) is 0 Å². The van der Waals surface area contributed by atoms with Gasteiger partial charge in [0.05, 0.1) is 15.5 Å². The number of likely N-dealkylation sites (N-methyl/N-ethyl adjacent to an activating group) is 1. The molecule has 1 heterocycles. The van der Waals surface area contributed by atoms with Crippen LogP contribution < -0.4 is 5.32 Å². The maximum absolute atomic E-state index is 13.5. The maximum Gasteiger partial charge on any atom is 0.245 e. The van der Waals surface area contributed by atoms with Crippen LogP contribution in [0.4, 0.5) is 0 Å². The van der Waals surface area contributed by atoms with Crippen LogP contribution in [0.5, 0.6) is 0 Å². The molecule has 0 spiro atoms. The number of nitrogens with zero attached hydrogens (tertiary/aromatic N) is 2. The normalized spacial score (nSPS) is 18.6. The Morgan fingerprint density at radius 2 is 1.64 bits per heavy atom. The Bertz CT molecular complexity index is 1070. The highest BCUT2D eigenvalue weighted by Crippen LogP contribution is 2.51. The molecule has 1 saturated carbocycles. The minimum atomic E-state index is -0.736. The summed E-state index contributed by atoms with van der Waals surface area (Å²) in [4.78, 5) is 31.0. The van der Waals surface area contributed by atoms with Gasteiger partial charge in [0.2, 0.25) is 11.8 Å². The van der Waals surface area contributed by atoms with E-state index in [1.807, 2.05) is 18.0 Å². The zero-order valence-corrected chi connectivity index (χ0v) is 21.2. The first kappa shape index (κ1) is 24.6. The lowest BCUT2D eigenvalue weighted by molar-refractivity contribution is -0.138. The highest BCUT2D eigenvalue weighted by atomic mass is 35.5. The van der Waals surface area contributed by atoms with Crippen molar-refractivity contribution in [2.24, 2.45) is 0 Å². The average Bonchev–Trinajstić information content (AvgIpc) is 3.57. The summed E-state index contributed by atoms with van der Waals surface area (Å²) < 4.78 is 0. The van der Waals surface area contributed by atoms with E-state index in [0.717, 1.165) is 24.2 Å². The van der Waals surface area contributed by atoms with Crippen molar-refractivity contribution in [2.75, 3.05) is 33.2 Å². The molecule has 1 saturated heterocycles. The first-order valence-electron chi connectivity index (χ1n) is 10.9. The standard InChI is InChI=1S/C24H25Cl4N3O2/c1-30-8-10-31(11-9-30)22(32)21(13-15-2-5-18(26)20(28)12-15)29-23(33)24(6-7-24)17-4-3-16(25)14-19(17)27/h2-5,12,14,21H,6-11,13H2,1H3,(H,29,33)/t21-/m0/s1. The Morgan fingerprint density at radius 3 is 2.24 bits per heavy atom. The molecule has 1 atom stereocenters. The number of piperazine rings is 1. The molecule has 0 radical (unpaired) electrons. The highest BCUT2D eigenvalue weighted by molar-refractivity contribution is 6.42. The van der Waals surface area contributed by atoms with Crippen molar-refractivity contribution in [3.8, 4) is 0 Å². The summed E-state index contributed by atoms with van der Waals surface area (Å²) in [6.45, 7) is 2.83. The van der Waals surface area contributed by atoms with Gasteiger partial charge in [0.15, 0.2) is 0 Å². The van der Waals surface area contributed by atoms with Crippen LogP contribution in [0.15, 0.2) is 36.4 Å². The van der Waals surface area contributed by atoms with Crippen molar-refractivity contribution in [3.63, 3.8) is 0 Å². The molecular weight excluding hydrogens is 504 g/mol. The Hall–Kier alpha value is -1.50. The number of carbonyl (C=O) groups is 2. The predicted octanol–water partition coefficient (Wildman–Crippen LogP) is 4.83. The van der Waals surface area contributed by atoms with Gasteiger partial charge in [-0.05, 0) is 55.3 Å². The number of benzene rings is 2. The van der Waals surface area contributed by atoms with Crippen LogP contribution in [0.2, 0.25) is 20.1 Å².